The molecule has 20 heavy (non-hydrogen) atoms. The predicted molar refractivity (Wildman–Crippen MR) is 85.8 cm³/mol. The van der Waals surface area contributed by atoms with E-state index in [9.17, 15) is 4.79 Å². The van der Waals surface area contributed by atoms with Crippen LogP contribution < -0.4 is 5.32 Å². The van der Waals surface area contributed by atoms with Gasteiger partial charge in [-0.05, 0) is 19.4 Å². The summed E-state index contributed by atoms with van der Waals surface area (Å²) in [6, 6.07) is 0. The summed E-state index contributed by atoms with van der Waals surface area (Å²) in [5.74, 6) is -0.135. The van der Waals surface area contributed by atoms with Crippen molar-refractivity contribution in [3.63, 3.8) is 0 Å². The van der Waals surface area contributed by atoms with E-state index in [2.05, 4.69) is 25.7 Å². The van der Waals surface area contributed by atoms with Gasteiger partial charge in [0.25, 0.3) is 0 Å². The first-order valence-corrected chi connectivity index (χ1v) is 8.22. The molecule has 0 heterocycles. The lowest BCUT2D eigenvalue weighted by atomic mass is 10.1. The normalized spacial score (nSPS) is 12.1. The zero-order valence-corrected chi connectivity index (χ0v) is 13.5. The van der Waals surface area contributed by atoms with Crippen molar-refractivity contribution in [2.24, 2.45) is 0 Å². The molecule has 1 N–H and O–H groups in total. The van der Waals surface area contributed by atoms with E-state index >= 15 is 0 Å². The van der Waals surface area contributed by atoms with Crippen LogP contribution in [0.1, 0.15) is 71.6 Å². The minimum absolute atomic E-state index is 0.135. The standard InChI is InChI=1S/C17H33NO2/c1-4-6-7-8-9-10-11-12-13-16(3)20-15-14-18-17(19)5-2/h5,16H,2,4,6-15H2,1,3H3,(H,18,19). The van der Waals surface area contributed by atoms with E-state index in [-0.39, 0.29) is 12.0 Å². The SMILES string of the molecule is C=CC(=O)NCCOC(C)CCCCCCCCCC. The molecule has 0 aliphatic rings. The van der Waals surface area contributed by atoms with Gasteiger partial charge in [0.2, 0.25) is 5.91 Å². The smallest absolute Gasteiger partial charge is 0.243 e. The maximum Gasteiger partial charge on any atom is 0.243 e. The van der Waals surface area contributed by atoms with Crippen LogP contribution in [0.3, 0.4) is 0 Å². The fraction of sp³-hybridized carbons (Fsp3) is 0.824. The molecule has 0 aliphatic heterocycles. The Hall–Kier alpha value is -0.830. The molecule has 0 fully saturated rings. The van der Waals surface area contributed by atoms with Crippen molar-refractivity contribution >= 4 is 5.91 Å². The van der Waals surface area contributed by atoms with Crippen LogP contribution in [0.5, 0.6) is 0 Å². The second kappa shape index (κ2) is 14.6. The lowest BCUT2D eigenvalue weighted by Gasteiger charge is -2.13. The van der Waals surface area contributed by atoms with E-state index in [1.54, 1.807) is 0 Å². The van der Waals surface area contributed by atoms with Gasteiger partial charge >= 0.3 is 0 Å². The van der Waals surface area contributed by atoms with Crippen molar-refractivity contribution in [2.75, 3.05) is 13.2 Å². The Balaban J connectivity index is 3.22. The highest BCUT2D eigenvalue weighted by Crippen LogP contribution is 2.11. The van der Waals surface area contributed by atoms with Crippen LogP contribution in [0.15, 0.2) is 12.7 Å². The number of carbonyl (C=O) groups excluding carboxylic acids is 1. The lowest BCUT2D eigenvalue weighted by Crippen LogP contribution is -2.26. The van der Waals surface area contributed by atoms with Gasteiger partial charge in [0, 0.05) is 6.54 Å². The highest BCUT2D eigenvalue weighted by Gasteiger charge is 2.02. The molecule has 118 valence electrons. The Morgan fingerprint density at radius 2 is 1.75 bits per heavy atom. The van der Waals surface area contributed by atoms with Gasteiger partial charge in [0.1, 0.15) is 0 Å². The summed E-state index contributed by atoms with van der Waals surface area (Å²) in [7, 11) is 0. The molecule has 0 aromatic heterocycles. The molecule has 0 bridgehead atoms. The van der Waals surface area contributed by atoms with Gasteiger partial charge < -0.3 is 10.1 Å². The summed E-state index contributed by atoms with van der Waals surface area (Å²) in [4.78, 5) is 10.9. The molecule has 0 saturated carbocycles. The van der Waals surface area contributed by atoms with Crippen molar-refractivity contribution in [3.8, 4) is 0 Å². The molecular weight excluding hydrogens is 250 g/mol. The van der Waals surface area contributed by atoms with Gasteiger partial charge in [0.05, 0.1) is 12.7 Å². The third-order valence-electron chi connectivity index (χ3n) is 3.45. The van der Waals surface area contributed by atoms with Crippen LogP contribution in [0.2, 0.25) is 0 Å². The summed E-state index contributed by atoms with van der Waals surface area (Å²) in [6.07, 6.45) is 13.5. The van der Waals surface area contributed by atoms with Gasteiger partial charge in [-0.1, -0.05) is 64.9 Å². The van der Waals surface area contributed by atoms with E-state index in [0.29, 0.717) is 13.2 Å². The van der Waals surface area contributed by atoms with Crippen LogP contribution in [0, 0.1) is 0 Å². The van der Waals surface area contributed by atoms with E-state index in [1.807, 2.05) is 0 Å². The molecule has 0 radical (unpaired) electrons. The summed E-state index contributed by atoms with van der Waals surface area (Å²) in [5, 5.41) is 2.71. The van der Waals surface area contributed by atoms with Gasteiger partial charge in [-0.3, -0.25) is 4.79 Å². The first-order valence-electron chi connectivity index (χ1n) is 8.22. The first kappa shape index (κ1) is 19.2. The number of unbranched alkanes of at least 4 members (excludes halogenated alkanes) is 7. The maximum absolute atomic E-state index is 10.9. The number of carbonyl (C=O) groups is 1. The molecule has 3 nitrogen and oxygen atoms in total. The van der Waals surface area contributed by atoms with Gasteiger partial charge in [-0.25, -0.2) is 0 Å². The second-order valence-corrected chi connectivity index (χ2v) is 5.44. The minimum Gasteiger partial charge on any atom is -0.377 e. The Labute approximate surface area is 125 Å². The van der Waals surface area contributed by atoms with Crippen LogP contribution in [-0.4, -0.2) is 25.2 Å². The molecular formula is C17H33NO2. The minimum atomic E-state index is -0.135. The number of hydrogen-bond acceptors (Lipinski definition) is 2. The van der Waals surface area contributed by atoms with Crippen LogP contribution in [-0.2, 0) is 9.53 Å². The summed E-state index contributed by atoms with van der Waals surface area (Å²) in [5.41, 5.74) is 0. The Bertz CT molecular complexity index is 241. The maximum atomic E-state index is 10.9. The molecule has 0 aliphatic carbocycles. The Kier molecular flexibility index (Phi) is 14.0. The quantitative estimate of drug-likeness (QED) is 0.383. The van der Waals surface area contributed by atoms with Crippen LogP contribution in [0.4, 0.5) is 0 Å². The lowest BCUT2D eigenvalue weighted by molar-refractivity contribution is -0.116. The number of ether oxygens (including phenoxy) is 1. The molecule has 0 spiro atoms. The molecule has 3 heteroatoms. The fourth-order valence-electron chi connectivity index (χ4n) is 2.16. The number of rotatable bonds is 14. The van der Waals surface area contributed by atoms with Gasteiger partial charge in [0.15, 0.2) is 0 Å². The van der Waals surface area contributed by atoms with E-state index in [0.717, 1.165) is 6.42 Å². The molecule has 0 saturated heterocycles. The van der Waals surface area contributed by atoms with Crippen molar-refractivity contribution in [2.45, 2.75) is 77.7 Å². The molecule has 0 rings (SSSR count). The van der Waals surface area contributed by atoms with Crippen molar-refractivity contribution < 1.29 is 9.53 Å². The summed E-state index contributed by atoms with van der Waals surface area (Å²) in [6.45, 7) is 8.91. The monoisotopic (exact) mass is 283 g/mol. The van der Waals surface area contributed by atoms with E-state index < -0.39 is 0 Å². The average molecular weight is 283 g/mol. The molecule has 1 amide bonds. The predicted octanol–water partition coefficient (Wildman–Crippen LogP) is 4.22. The highest BCUT2D eigenvalue weighted by molar-refractivity contribution is 5.86. The Morgan fingerprint density at radius 3 is 2.35 bits per heavy atom. The summed E-state index contributed by atoms with van der Waals surface area (Å²) < 4.78 is 5.65. The molecule has 1 unspecified atom stereocenters. The van der Waals surface area contributed by atoms with Crippen molar-refractivity contribution in [1.29, 1.82) is 0 Å². The molecule has 0 aromatic carbocycles. The summed E-state index contributed by atoms with van der Waals surface area (Å²) >= 11 is 0. The topological polar surface area (TPSA) is 38.3 Å². The van der Waals surface area contributed by atoms with E-state index in [4.69, 9.17) is 4.74 Å². The van der Waals surface area contributed by atoms with Crippen molar-refractivity contribution in [3.05, 3.63) is 12.7 Å². The average Bonchev–Trinajstić information content (AvgIpc) is 2.46. The van der Waals surface area contributed by atoms with E-state index in [1.165, 1.54) is 57.4 Å². The number of hydrogen-bond donors (Lipinski definition) is 1. The number of nitrogens with one attached hydrogen (secondary N) is 1. The van der Waals surface area contributed by atoms with Crippen LogP contribution >= 0.6 is 0 Å². The first-order chi connectivity index (χ1) is 9.70. The van der Waals surface area contributed by atoms with Gasteiger partial charge in [-0.15, -0.1) is 0 Å². The second-order valence-electron chi connectivity index (χ2n) is 5.44. The Morgan fingerprint density at radius 1 is 1.15 bits per heavy atom. The number of amides is 1. The zero-order valence-electron chi connectivity index (χ0n) is 13.5. The zero-order chi connectivity index (χ0) is 15.1. The third kappa shape index (κ3) is 13.6. The fourth-order valence-corrected chi connectivity index (χ4v) is 2.16. The molecule has 1 atom stereocenters. The molecule has 0 aromatic rings. The highest BCUT2D eigenvalue weighted by atomic mass is 16.5. The largest absolute Gasteiger partial charge is 0.377 e. The third-order valence-corrected chi connectivity index (χ3v) is 3.45. The van der Waals surface area contributed by atoms with Crippen molar-refractivity contribution in [1.82, 2.24) is 5.32 Å². The van der Waals surface area contributed by atoms with Gasteiger partial charge in [-0.2, -0.15) is 0 Å². The van der Waals surface area contributed by atoms with Crippen LogP contribution in [0.25, 0.3) is 0 Å².